The highest BCUT2D eigenvalue weighted by Gasteiger charge is 2.31. The molecule has 1 aromatic heterocycles. The molecule has 1 aliphatic rings. The Morgan fingerprint density at radius 1 is 1.44 bits per heavy atom. The normalized spacial score (nSPS) is 25.3. The van der Waals surface area contributed by atoms with Gasteiger partial charge in [-0.15, -0.1) is 5.10 Å². The van der Waals surface area contributed by atoms with Crippen molar-refractivity contribution in [3.8, 4) is 0 Å². The van der Waals surface area contributed by atoms with E-state index in [1.165, 1.54) is 11.7 Å². The van der Waals surface area contributed by atoms with Crippen LogP contribution in [0.4, 0.5) is 0 Å². The van der Waals surface area contributed by atoms with Crippen LogP contribution in [0.5, 0.6) is 0 Å². The maximum atomic E-state index is 12.2. The van der Waals surface area contributed by atoms with Gasteiger partial charge in [0.1, 0.15) is 0 Å². The Labute approximate surface area is 114 Å². The van der Waals surface area contributed by atoms with Gasteiger partial charge in [-0.25, -0.2) is 17.8 Å². The van der Waals surface area contributed by atoms with Crippen molar-refractivity contribution < 1.29 is 13.5 Å². The molecule has 0 bridgehead atoms. The van der Waals surface area contributed by atoms with Gasteiger partial charge in [0.25, 0.3) is 10.0 Å². The van der Waals surface area contributed by atoms with E-state index in [2.05, 4.69) is 31.0 Å². The first-order valence-electron chi connectivity index (χ1n) is 5.67. The topological polar surface area (TPSA) is 97.1 Å². The van der Waals surface area contributed by atoms with Crippen molar-refractivity contribution in [3.05, 3.63) is 4.60 Å². The van der Waals surface area contributed by atoms with Gasteiger partial charge < -0.3 is 5.11 Å². The summed E-state index contributed by atoms with van der Waals surface area (Å²) in [6, 6.07) is -0.439. The molecule has 2 atom stereocenters. The van der Waals surface area contributed by atoms with E-state index < -0.39 is 22.2 Å². The third-order valence-electron chi connectivity index (χ3n) is 3.03. The molecule has 2 rings (SSSR count). The molecule has 1 aromatic rings. The predicted molar refractivity (Wildman–Crippen MR) is 67.3 cm³/mol. The summed E-state index contributed by atoms with van der Waals surface area (Å²) in [6.07, 6.45) is 2.47. The van der Waals surface area contributed by atoms with Gasteiger partial charge in [-0.05, 0) is 28.8 Å². The lowest BCUT2D eigenvalue weighted by atomic mass is 9.93. The summed E-state index contributed by atoms with van der Waals surface area (Å²) in [7, 11) is -2.23. The monoisotopic (exact) mass is 338 g/mol. The van der Waals surface area contributed by atoms with Crippen molar-refractivity contribution in [2.75, 3.05) is 0 Å². The number of hydrogen-bond acceptors (Lipinski definition) is 5. The number of aliphatic hydroxyl groups is 1. The van der Waals surface area contributed by atoms with Gasteiger partial charge in [-0.2, -0.15) is 0 Å². The first kappa shape index (κ1) is 13.9. The summed E-state index contributed by atoms with van der Waals surface area (Å²) in [5.74, 6) is 0. The fourth-order valence-corrected chi connectivity index (χ4v) is 4.51. The van der Waals surface area contributed by atoms with Gasteiger partial charge >= 0.3 is 0 Å². The average Bonchev–Trinajstić information content (AvgIpc) is 2.62. The minimum atomic E-state index is -3.73. The van der Waals surface area contributed by atoms with Crippen LogP contribution in [0.15, 0.2) is 9.63 Å². The molecule has 102 valence electrons. The Kier molecular flexibility index (Phi) is 4.05. The molecule has 1 fully saturated rings. The number of sulfonamides is 1. The average molecular weight is 339 g/mol. The quantitative estimate of drug-likeness (QED) is 0.818. The van der Waals surface area contributed by atoms with E-state index in [0.717, 1.165) is 12.8 Å². The Hall–Kier alpha value is -0.510. The fraction of sp³-hybridized carbons (Fsp3) is 0.778. The molecule has 9 heteroatoms. The van der Waals surface area contributed by atoms with Crippen molar-refractivity contribution in [1.82, 2.24) is 19.7 Å². The first-order valence-corrected chi connectivity index (χ1v) is 7.95. The standard InChI is InChI=1S/C9H15BrN4O3S/c1-14-9(8(10)11-13-14)18(16,17)12-6-4-2-3-5-7(6)15/h6-7,12,15H,2-5H2,1H3/t6-,7-/m0/s1. The maximum Gasteiger partial charge on any atom is 0.260 e. The van der Waals surface area contributed by atoms with Crippen LogP contribution in [0, 0.1) is 0 Å². The van der Waals surface area contributed by atoms with Crippen LogP contribution in [0.3, 0.4) is 0 Å². The minimum absolute atomic E-state index is 0.0275. The van der Waals surface area contributed by atoms with Crippen LogP contribution < -0.4 is 4.72 Å². The number of aliphatic hydroxyl groups excluding tert-OH is 1. The summed E-state index contributed by atoms with van der Waals surface area (Å²) >= 11 is 3.06. The molecular formula is C9H15BrN4O3S. The molecule has 1 heterocycles. The molecule has 1 saturated carbocycles. The molecular weight excluding hydrogens is 324 g/mol. The number of nitrogens with one attached hydrogen (secondary N) is 1. The molecule has 1 aliphatic carbocycles. The molecule has 7 nitrogen and oxygen atoms in total. The van der Waals surface area contributed by atoms with Gasteiger partial charge in [-0.3, -0.25) is 0 Å². The van der Waals surface area contributed by atoms with Crippen molar-refractivity contribution in [2.45, 2.75) is 42.9 Å². The van der Waals surface area contributed by atoms with E-state index in [0.29, 0.717) is 12.8 Å². The lowest BCUT2D eigenvalue weighted by molar-refractivity contribution is 0.101. The highest BCUT2D eigenvalue weighted by molar-refractivity contribution is 9.10. The van der Waals surface area contributed by atoms with Crippen molar-refractivity contribution in [2.24, 2.45) is 7.05 Å². The van der Waals surface area contributed by atoms with Crippen LogP contribution in [-0.2, 0) is 17.1 Å². The van der Waals surface area contributed by atoms with E-state index in [1.54, 1.807) is 0 Å². The molecule has 0 spiro atoms. The van der Waals surface area contributed by atoms with E-state index in [1.807, 2.05) is 0 Å². The van der Waals surface area contributed by atoms with Gasteiger partial charge in [0.15, 0.2) is 4.60 Å². The molecule has 0 radical (unpaired) electrons. The lowest BCUT2D eigenvalue weighted by Gasteiger charge is -2.27. The van der Waals surface area contributed by atoms with E-state index in [9.17, 15) is 13.5 Å². The first-order chi connectivity index (χ1) is 8.42. The van der Waals surface area contributed by atoms with Crippen molar-refractivity contribution >= 4 is 26.0 Å². The Bertz CT molecular complexity index is 510. The van der Waals surface area contributed by atoms with Crippen molar-refractivity contribution in [1.29, 1.82) is 0 Å². The second-order valence-corrected chi connectivity index (χ2v) is 6.77. The number of nitrogens with zero attached hydrogens (tertiary/aromatic N) is 3. The van der Waals surface area contributed by atoms with Crippen LogP contribution in [0.25, 0.3) is 0 Å². The van der Waals surface area contributed by atoms with E-state index >= 15 is 0 Å². The lowest BCUT2D eigenvalue weighted by Crippen LogP contribution is -2.45. The summed E-state index contributed by atoms with van der Waals surface area (Å²) in [5, 5.41) is 17.0. The second-order valence-electron chi connectivity index (χ2n) is 4.39. The second kappa shape index (κ2) is 5.24. The Balaban J connectivity index is 2.22. The number of aromatic nitrogens is 3. The smallest absolute Gasteiger partial charge is 0.260 e. The molecule has 0 aliphatic heterocycles. The van der Waals surface area contributed by atoms with Gasteiger partial charge in [0.2, 0.25) is 5.03 Å². The summed E-state index contributed by atoms with van der Waals surface area (Å²) in [4.78, 5) is 0. The zero-order valence-electron chi connectivity index (χ0n) is 9.87. The third-order valence-corrected chi connectivity index (χ3v) is 5.40. The number of rotatable bonds is 3. The zero-order valence-corrected chi connectivity index (χ0v) is 12.3. The van der Waals surface area contributed by atoms with Gasteiger partial charge in [0, 0.05) is 13.1 Å². The fourth-order valence-electron chi connectivity index (χ4n) is 2.11. The maximum absolute atomic E-state index is 12.2. The van der Waals surface area contributed by atoms with E-state index in [-0.39, 0.29) is 9.63 Å². The number of hydrogen-bond donors (Lipinski definition) is 2. The SMILES string of the molecule is Cn1nnc(Br)c1S(=O)(=O)N[C@H]1CCCC[C@@H]1O. The summed E-state index contributed by atoms with van der Waals surface area (Å²) in [5.41, 5.74) is 0. The molecule has 2 N–H and O–H groups in total. The number of aryl methyl sites for hydroxylation is 1. The molecule has 0 saturated heterocycles. The molecule has 0 unspecified atom stereocenters. The van der Waals surface area contributed by atoms with Gasteiger partial charge in [-0.1, -0.05) is 18.1 Å². The summed E-state index contributed by atoms with van der Waals surface area (Å²) in [6.45, 7) is 0. The predicted octanol–water partition coefficient (Wildman–Crippen LogP) is 0.159. The zero-order chi connectivity index (χ0) is 13.3. The third kappa shape index (κ3) is 2.73. The molecule has 0 amide bonds. The minimum Gasteiger partial charge on any atom is -0.391 e. The Morgan fingerprint density at radius 3 is 2.67 bits per heavy atom. The number of halogens is 1. The molecule has 0 aromatic carbocycles. The highest BCUT2D eigenvalue weighted by atomic mass is 79.9. The molecule has 18 heavy (non-hydrogen) atoms. The van der Waals surface area contributed by atoms with Crippen molar-refractivity contribution in [3.63, 3.8) is 0 Å². The summed E-state index contributed by atoms with van der Waals surface area (Å²) < 4.78 is 28.3. The van der Waals surface area contributed by atoms with E-state index in [4.69, 9.17) is 0 Å². The Morgan fingerprint density at radius 2 is 2.11 bits per heavy atom. The van der Waals surface area contributed by atoms with Crippen LogP contribution >= 0.6 is 15.9 Å². The van der Waals surface area contributed by atoms with Crippen LogP contribution in [-0.4, -0.2) is 40.7 Å². The van der Waals surface area contributed by atoms with Crippen LogP contribution in [0.1, 0.15) is 25.7 Å². The highest BCUT2D eigenvalue weighted by Crippen LogP contribution is 2.22. The van der Waals surface area contributed by atoms with Gasteiger partial charge in [0.05, 0.1) is 6.10 Å². The largest absolute Gasteiger partial charge is 0.391 e. The van der Waals surface area contributed by atoms with Crippen LogP contribution in [0.2, 0.25) is 0 Å².